The molecule has 0 heterocycles. The molecule has 4 nitrogen and oxygen atoms in total. The van der Waals surface area contributed by atoms with E-state index in [0.717, 1.165) is 0 Å². The summed E-state index contributed by atoms with van der Waals surface area (Å²) in [4.78, 5) is 0. The number of hydrogen-bond donors (Lipinski definition) is 1. The molecule has 0 bridgehead atoms. The molecule has 0 unspecified atom stereocenters. The summed E-state index contributed by atoms with van der Waals surface area (Å²) in [5.41, 5.74) is 0. The van der Waals surface area contributed by atoms with Crippen molar-refractivity contribution in [3.63, 3.8) is 0 Å². The predicted molar refractivity (Wildman–Crippen MR) is 48.4 cm³/mol. The normalized spacial score (nSPS) is 11.2. The van der Waals surface area contributed by atoms with Crippen molar-refractivity contribution < 1.29 is 17.7 Å². The van der Waals surface area contributed by atoms with E-state index in [0.29, 0.717) is 0 Å². The number of halogens is 1. The second kappa shape index (κ2) is 3.85. The van der Waals surface area contributed by atoms with Gasteiger partial charge in [0.2, 0.25) is 0 Å². The summed E-state index contributed by atoms with van der Waals surface area (Å²) in [6.07, 6.45) is 0. The minimum absolute atomic E-state index is 0.122. The molecule has 1 rings (SSSR count). The van der Waals surface area contributed by atoms with Gasteiger partial charge in [0.15, 0.2) is 16.7 Å². The summed E-state index contributed by atoms with van der Waals surface area (Å²) in [5.74, 6) is -0.362. The number of phenols is 1. The number of alkyl halides is 1. The molecule has 0 fully saturated rings. The van der Waals surface area contributed by atoms with Gasteiger partial charge in [-0.15, -0.1) is 11.6 Å². The Morgan fingerprint density at radius 1 is 1.38 bits per heavy atom. The maximum absolute atomic E-state index is 10.9. The molecule has 1 aromatic rings. The summed E-state index contributed by atoms with van der Waals surface area (Å²) in [5, 5.41) is 8.49. The van der Waals surface area contributed by atoms with Crippen LogP contribution in [0.5, 0.6) is 11.5 Å². The van der Waals surface area contributed by atoms with Gasteiger partial charge in [0.25, 0.3) is 0 Å². The van der Waals surface area contributed by atoms with Gasteiger partial charge in [-0.25, -0.2) is 0 Å². The first kappa shape index (κ1) is 10.1. The van der Waals surface area contributed by atoms with Gasteiger partial charge in [-0.1, -0.05) is 12.1 Å². The van der Waals surface area contributed by atoms with Crippen molar-refractivity contribution in [2.24, 2.45) is 0 Å². The lowest BCUT2D eigenvalue weighted by atomic mass is 10.3. The van der Waals surface area contributed by atoms with E-state index in [9.17, 15) is 8.42 Å². The summed E-state index contributed by atoms with van der Waals surface area (Å²) in [6, 6.07) is 5.74. The molecular formula is C7H7ClO4S. The van der Waals surface area contributed by atoms with Crippen molar-refractivity contribution in [3.05, 3.63) is 24.3 Å². The first-order valence-electron chi connectivity index (χ1n) is 3.31. The van der Waals surface area contributed by atoms with Crippen molar-refractivity contribution in [3.8, 4) is 11.5 Å². The van der Waals surface area contributed by atoms with Crippen molar-refractivity contribution in [2.75, 3.05) is 5.21 Å². The Labute approximate surface area is 80.8 Å². The van der Waals surface area contributed by atoms with Crippen molar-refractivity contribution in [1.29, 1.82) is 0 Å². The molecule has 0 spiro atoms. The van der Waals surface area contributed by atoms with Gasteiger partial charge < -0.3 is 9.29 Å². The number of hydrogen-bond acceptors (Lipinski definition) is 4. The molecule has 0 saturated heterocycles. The van der Waals surface area contributed by atoms with E-state index in [1.807, 2.05) is 0 Å². The molecule has 0 aliphatic rings. The van der Waals surface area contributed by atoms with Crippen molar-refractivity contribution in [1.82, 2.24) is 0 Å². The van der Waals surface area contributed by atoms with Crippen molar-refractivity contribution in [2.45, 2.75) is 0 Å². The molecule has 0 aliphatic carbocycles. The van der Waals surface area contributed by atoms with Crippen LogP contribution in [0.2, 0.25) is 0 Å². The fourth-order valence-electron chi connectivity index (χ4n) is 0.687. The van der Waals surface area contributed by atoms with Gasteiger partial charge >= 0.3 is 10.1 Å². The Bertz CT molecular complexity index is 387. The molecule has 0 saturated carbocycles. The molecule has 1 N–H and O–H groups in total. The smallest absolute Gasteiger partial charge is 0.323 e. The second-order valence-electron chi connectivity index (χ2n) is 2.22. The zero-order chi connectivity index (χ0) is 9.90. The number of aromatic hydroxyl groups is 1. The SMILES string of the molecule is O=S(=O)(CCl)Oc1ccccc1O. The van der Waals surface area contributed by atoms with Gasteiger partial charge in [0, 0.05) is 0 Å². The average molecular weight is 223 g/mol. The van der Waals surface area contributed by atoms with Crippen LogP contribution in [0.15, 0.2) is 24.3 Å². The maximum atomic E-state index is 10.9. The Hall–Kier alpha value is -0.940. The summed E-state index contributed by atoms with van der Waals surface area (Å²) < 4.78 is 26.2. The van der Waals surface area contributed by atoms with Crippen LogP contribution in [0.4, 0.5) is 0 Å². The molecule has 0 aliphatic heterocycles. The van der Waals surface area contributed by atoms with E-state index in [4.69, 9.17) is 16.7 Å². The fourth-order valence-corrected chi connectivity index (χ4v) is 1.28. The molecule has 0 atom stereocenters. The monoisotopic (exact) mass is 222 g/mol. The van der Waals surface area contributed by atoms with Gasteiger partial charge in [-0.2, -0.15) is 8.42 Å². The van der Waals surface area contributed by atoms with Gasteiger partial charge in [0.05, 0.1) is 0 Å². The summed E-state index contributed by atoms with van der Waals surface area (Å²) in [6.45, 7) is 0. The van der Waals surface area contributed by atoms with Crippen LogP contribution >= 0.6 is 11.6 Å². The molecule has 13 heavy (non-hydrogen) atoms. The average Bonchev–Trinajstić information content (AvgIpc) is 2.09. The third-order valence-electron chi connectivity index (χ3n) is 1.22. The molecule has 0 amide bonds. The van der Waals surface area contributed by atoms with E-state index >= 15 is 0 Å². The summed E-state index contributed by atoms with van der Waals surface area (Å²) in [7, 11) is -3.79. The number of benzene rings is 1. The van der Waals surface area contributed by atoms with Crippen LogP contribution in [0.3, 0.4) is 0 Å². The highest BCUT2D eigenvalue weighted by Gasteiger charge is 2.12. The molecule has 72 valence electrons. The van der Waals surface area contributed by atoms with Crippen LogP contribution in [-0.2, 0) is 10.1 Å². The highest BCUT2D eigenvalue weighted by molar-refractivity contribution is 7.88. The molecule has 0 aromatic heterocycles. The lowest BCUT2D eigenvalue weighted by Crippen LogP contribution is -2.09. The standard InChI is InChI=1S/C7H7ClO4S/c8-5-13(10,11)12-7-4-2-1-3-6(7)9/h1-4,9H,5H2. The lowest BCUT2D eigenvalue weighted by Gasteiger charge is -2.04. The fraction of sp³-hybridized carbons (Fsp3) is 0.143. The van der Waals surface area contributed by atoms with Crippen LogP contribution in [0.1, 0.15) is 0 Å². The van der Waals surface area contributed by atoms with Crippen LogP contribution in [0.25, 0.3) is 0 Å². The predicted octanol–water partition coefficient (Wildman–Crippen LogP) is 1.30. The third kappa shape index (κ3) is 2.78. The van der Waals surface area contributed by atoms with E-state index in [1.165, 1.54) is 12.1 Å². The quantitative estimate of drug-likeness (QED) is 0.619. The molecule has 0 radical (unpaired) electrons. The second-order valence-corrected chi connectivity index (χ2v) is 4.37. The Kier molecular flexibility index (Phi) is 3.00. The van der Waals surface area contributed by atoms with Gasteiger partial charge in [0.1, 0.15) is 0 Å². The third-order valence-corrected chi connectivity index (χ3v) is 2.72. The highest BCUT2D eigenvalue weighted by atomic mass is 35.5. The minimum Gasteiger partial charge on any atom is -0.504 e. The van der Waals surface area contributed by atoms with E-state index in [2.05, 4.69) is 4.18 Å². The van der Waals surface area contributed by atoms with E-state index < -0.39 is 15.3 Å². The number of rotatable bonds is 3. The van der Waals surface area contributed by atoms with Gasteiger partial charge in [-0.3, -0.25) is 0 Å². The Morgan fingerprint density at radius 2 is 2.00 bits per heavy atom. The first-order valence-corrected chi connectivity index (χ1v) is 5.42. The lowest BCUT2D eigenvalue weighted by molar-refractivity contribution is 0.430. The van der Waals surface area contributed by atoms with Crippen molar-refractivity contribution >= 4 is 21.7 Å². The largest absolute Gasteiger partial charge is 0.504 e. The highest BCUT2D eigenvalue weighted by Crippen LogP contribution is 2.25. The minimum atomic E-state index is -3.79. The van der Waals surface area contributed by atoms with Crippen LogP contribution in [0, 0.1) is 0 Å². The molecule has 6 heteroatoms. The van der Waals surface area contributed by atoms with Crippen LogP contribution < -0.4 is 4.18 Å². The van der Waals surface area contributed by atoms with E-state index in [1.54, 1.807) is 12.1 Å². The first-order chi connectivity index (χ1) is 6.05. The number of phenolic OH excluding ortho intramolecular Hbond substituents is 1. The number of para-hydroxylation sites is 2. The zero-order valence-corrected chi connectivity index (χ0v) is 8.05. The zero-order valence-electron chi connectivity index (χ0n) is 6.47. The summed E-state index contributed by atoms with van der Waals surface area (Å²) >= 11 is 5.10. The van der Waals surface area contributed by atoms with E-state index in [-0.39, 0.29) is 11.5 Å². The molecule has 1 aromatic carbocycles. The maximum Gasteiger partial charge on any atom is 0.323 e. The van der Waals surface area contributed by atoms with Gasteiger partial charge in [-0.05, 0) is 12.1 Å². The van der Waals surface area contributed by atoms with Crippen LogP contribution in [-0.4, -0.2) is 18.7 Å². The topological polar surface area (TPSA) is 63.6 Å². The Morgan fingerprint density at radius 3 is 2.54 bits per heavy atom. The Balaban J connectivity index is 2.93. The molecular weight excluding hydrogens is 216 g/mol.